The maximum absolute atomic E-state index is 11.6. The average Bonchev–Trinajstić information content (AvgIpc) is 2.23. The van der Waals surface area contributed by atoms with Gasteiger partial charge >= 0.3 is 0 Å². The zero-order valence-electron chi connectivity index (χ0n) is 9.83. The van der Waals surface area contributed by atoms with Gasteiger partial charge in [0.25, 0.3) is 5.56 Å². The molecule has 0 radical (unpaired) electrons. The molecule has 0 spiro atoms. The van der Waals surface area contributed by atoms with Crippen molar-refractivity contribution >= 4 is 0 Å². The third kappa shape index (κ3) is 3.54. The topological polar surface area (TPSA) is 22.0 Å². The Hall–Kier alpha value is -1.05. The minimum absolute atomic E-state index is 0.144. The number of aromatic nitrogens is 1. The van der Waals surface area contributed by atoms with Crippen LogP contribution in [0.1, 0.15) is 45.2 Å². The summed E-state index contributed by atoms with van der Waals surface area (Å²) in [5.41, 5.74) is 1.34. The fraction of sp³-hybridized carbons (Fsp3) is 0.615. The number of nitrogens with zero attached hydrogens (tertiary/aromatic N) is 1. The van der Waals surface area contributed by atoms with E-state index in [2.05, 4.69) is 19.9 Å². The van der Waals surface area contributed by atoms with Gasteiger partial charge in [0.05, 0.1) is 0 Å². The molecule has 0 aliphatic carbocycles. The average molecular weight is 207 g/mol. The SMILES string of the molecule is CCCCCc1cccc(=O)n1CCC. The summed E-state index contributed by atoms with van der Waals surface area (Å²) in [6.07, 6.45) is 5.71. The predicted molar refractivity (Wildman–Crippen MR) is 64.2 cm³/mol. The zero-order chi connectivity index (χ0) is 11.1. The summed E-state index contributed by atoms with van der Waals surface area (Å²) in [6.45, 7) is 5.15. The highest BCUT2D eigenvalue weighted by Gasteiger charge is 2.01. The second-order valence-corrected chi connectivity index (χ2v) is 3.96. The second kappa shape index (κ2) is 6.44. The highest BCUT2D eigenvalue weighted by Crippen LogP contribution is 2.05. The quantitative estimate of drug-likeness (QED) is 0.657. The Balaban J connectivity index is 2.76. The van der Waals surface area contributed by atoms with Crippen LogP contribution in [-0.4, -0.2) is 4.57 Å². The van der Waals surface area contributed by atoms with E-state index in [9.17, 15) is 4.79 Å². The van der Waals surface area contributed by atoms with Gasteiger partial charge in [0.15, 0.2) is 0 Å². The first kappa shape index (κ1) is 12.0. The minimum Gasteiger partial charge on any atom is -0.313 e. The number of aryl methyl sites for hydroxylation is 1. The number of unbranched alkanes of at least 4 members (excludes halogenated alkanes) is 2. The molecular formula is C13H21NO. The predicted octanol–water partition coefficient (Wildman–Crippen LogP) is 2.99. The van der Waals surface area contributed by atoms with Crippen LogP contribution in [0.5, 0.6) is 0 Å². The molecule has 2 heteroatoms. The molecule has 0 fully saturated rings. The molecule has 0 aromatic carbocycles. The zero-order valence-corrected chi connectivity index (χ0v) is 9.83. The molecular weight excluding hydrogens is 186 g/mol. The second-order valence-electron chi connectivity index (χ2n) is 3.96. The van der Waals surface area contributed by atoms with E-state index in [4.69, 9.17) is 0 Å². The molecule has 0 bridgehead atoms. The van der Waals surface area contributed by atoms with Crippen LogP contribution in [0.4, 0.5) is 0 Å². The normalized spacial score (nSPS) is 10.5. The van der Waals surface area contributed by atoms with Crippen molar-refractivity contribution in [3.63, 3.8) is 0 Å². The largest absolute Gasteiger partial charge is 0.313 e. The van der Waals surface area contributed by atoms with Crippen LogP contribution >= 0.6 is 0 Å². The van der Waals surface area contributed by atoms with Crippen LogP contribution in [0.3, 0.4) is 0 Å². The molecule has 84 valence electrons. The molecule has 0 saturated heterocycles. The highest BCUT2D eigenvalue weighted by atomic mass is 16.1. The van der Waals surface area contributed by atoms with Crippen LogP contribution in [0.15, 0.2) is 23.0 Å². The van der Waals surface area contributed by atoms with Crippen LogP contribution in [0.25, 0.3) is 0 Å². The third-order valence-corrected chi connectivity index (χ3v) is 2.62. The molecule has 0 unspecified atom stereocenters. The Labute approximate surface area is 91.9 Å². The summed E-state index contributed by atoms with van der Waals surface area (Å²) < 4.78 is 1.91. The molecule has 0 aliphatic rings. The van der Waals surface area contributed by atoms with Crippen molar-refractivity contribution in [3.8, 4) is 0 Å². The molecule has 0 saturated carbocycles. The van der Waals surface area contributed by atoms with E-state index in [1.807, 2.05) is 10.6 Å². The Kier molecular flexibility index (Phi) is 5.16. The fourth-order valence-electron chi connectivity index (χ4n) is 1.81. The first-order chi connectivity index (χ1) is 7.29. The van der Waals surface area contributed by atoms with Crippen molar-refractivity contribution in [2.75, 3.05) is 0 Å². The summed E-state index contributed by atoms with van der Waals surface area (Å²) in [6, 6.07) is 5.60. The number of pyridine rings is 1. The van der Waals surface area contributed by atoms with Gasteiger partial charge in [-0.2, -0.15) is 0 Å². The van der Waals surface area contributed by atoms with Gasteiger partial charge in [-0.05, 0) is 25.3 Å². The highest BCUT2D eigenvalue weighted by molar-refractivity contribution is 5.06. The molecule has 0 atom stereocenters. The van der Waals surface area contributed by atoms with E-state index in [1.54, 1.807) is 6.07 Å². The van der Waals surface area contributed by atoms with E-state index in [0.29, 0.717) is 0 Å². The molecule has 0 amide bonds. The molecule has 0 aliphatic heterocycles. The molecule has 0 N–H and O–H groups in total. The maximum Gasteiger partial charge on any atom is 0.250 e. The van der Waals surface area contributed by atoms with Crippen molar-refractivity contribution < 1.29 is 0 Å². The Morgan fingerprint density at radius 1 is 1.13 bits per heavy atom. The van der Waals surface area contributed by atoms with Gasteiger partial charge in [-0.3, -0.25) is 4.79 Å². The van der Waals surface area contributed by atoms with Gasteiger partial charge in [0.2, 0.25) is 0 Å². The molecule has 1 rings (SSSR count). The summed E-state index contributed by atoms with van der Waals surface area (Å²) in [4.78, 5) is 11.6. The Morgan fingerprint density at radius 2 is 1.93 bits per heavy atom. The van der Waals surface area contributed by atoms with E-state index < -0.39 is 0 Å². The van der Waals surface area contributed by atoms with Crippen molar-refractivity contribution in [2.24, 2.45) is 0 Å². The van der Waals surface area contributed by atoms with Crippen LogP contribution in [0.2, 0.25) is 0 Å². The summed E-state index contributed by atoms with van der Waals surface area (Å²) >= 11 is 0. The number of rotatable bonds is 6. The molecule has 2 nitrogen and oxygen atoms in total. The van der Waals surface area contributed by atoms with Gasteiger partial charge in [0.1, 0.15) is 0 Å². The smallest absolute Gasteiger partial charge is 0.250 e. The Bertz CT molecular complexity index is 341. The summed E-state index contributed by atoms with van der Waals surface area (Å²) in [5.74, 6) is 0. The third-order valence-electron chi connectivity index (χ3n) is 2.62. The monoisotopic (exact) mass is 207 g/mol. The van der Waals surface area contributed by atoms with Crippen molar-refractivity contribution in [3.05, 3.63) is 34.2 Å². The first-order valence-corrected chi connectivity index (χ1v) is 5.98. The first-order valence-electron chi connectivity index (χ1n) is 5.98. The molecule has 1 heterocycles. The summed E-state index contributed by atoms with van der Waals surface area (Å²) in [7, 11) is 0. The van der Waals surface area contributed by atoms with Crippen LogP contribution < -0.4 is 5.56 Å². The van der Waals surface area contributed by atoms with Crippen molar-refractivity contribution in [1.82, 2.24) is 4.57 Å². The number of hydrogen-bond acceptors (Lipinski definition) is 1. The lowest BCUT2D eigenvalue weighted by Gasteiger charge is -2.10. The fourth-order valence-corrected chi connectivity index (χ4v) is 1.81. The van der Waals surface area contributed by atoms with Gasteiger partial charge < -0.3 is 4.57 Å². The van der Waals surface area contributed by atoms with Gasteiger partial charge in [-0.15, -0.1) is 0 Å². The molecule has 15 heavy (non-hydrogen) atoms. The maximum atomic E-state index is 11.6. The molecule has 1 aromatic rings. The van der Waals surface area contributed by atoms with E-state index in [0.717, 1.165) is 19.4 Å². The Morgan fingerprint density at radius 3 is 2.60 bits per heavy atom. The van der Waals surface area contributed by atoms with Crippen molar-refractivity contribution in [2.45, 2.75) is 52.5 Å². The lowest BCUT2D eigenvalue weighted by atomic mass is 10.1. The molecule has 1 aromatic heterocycles. The van der Waals surface area contributed by atoms with Gasteiger partial charge in [0, 0.05) is 18.3 Å². The van der Waals surface area contributed by atoms with Crippen molar-refractivity contribution in [1.29, 1.82) is 0 Å². The lowest BCUT2D eigenvalue weighted by molar-refractivity contribution is 0.597. The number of hydrogen-bond donors (Lipinski definition) is 0. The van der Waals surface area contributed by atoms with Gasteiger partial charge in [-0.25, -0.2) is 0 Å². The van der Waals surface area contributed by atoms with Gasteiger partial charge in [-0.1, -0.05) is 32.8 Å². The standard InChI is InChI=1S/C13H21NO/c1-3-5-6-8-12-9-7-10-13(15)14(12)11-4-2/h7,9-10H,3-6,8,11H2,1-2H3. The van der Waals surface area contributed by atoms with E-state index in [1.165, 1.54) is 25.0 Å². The lowest BCUT2D eigenvalue weighted by Crippen LogP contribution is -2.22. The van der Waals surface area contributed by atoms with Crippen LogP contribution in [-0.2, 0) is 13.0 Å². The van der Waals surface area contributed by atoms with E-state index >= 15 is 0 Å². The minimum atomic E-state index is 0.144. The van der Waals surface area contributed by atoms with E-state index in [-0.39, 0.29) is 5.56 Å². The summed E-state index contributed by atoms with van der Waals surface area (Å²) in [5, 5.41) is 0. The van der Waals surface area contributed by atoms with Crippen LogP contribution in [0, 0.1) is 0 Å².